The summed E-state index contributed by atoms with van der Waals surface area (Å²) >= 11 is 0. The number of fused-ring (bicyclic) bond motifs is 2. The van der Waals surface area contributed by atoms with Crippen molar-refractivity contribution in [1.29, 1.82) is 0 Å². The summed E-state index contributed by atoms with van der Waals surface area (Å²) in [6.45, 7) is 4.13. The molecule has 2 unspecified atom stereocenters. The van der Waals surface area contributed by atoms with E-state index in [1.807, 2.05) is 18.7 Å². The SMILES string of the molecule is CC(C)CN(CC(=O)O)C(=O)N1C2CCC1CC(O)C2. The van der Waals surface area contributed by atoms with Gasteiger partial charge in [0, 0.05) is 18.6 Å². The van der Waals surface area contributed by atoms with Crippen LogP contribution in [-0.2, 0) is 4.79 Å². The Kier molecular flexibility index (Phi) is 4.52. The normalized spacial score (nSPS) is 28.8. The number of rotatable bonds is 4. The zero-order chi connectivity index (χ0) is 14.9. The van der Waals surface area contributed by atoms with Crippen molar-refractivity contribution in [3.8, 4) is 0 Å². The van der Waals surface area contributed by atoms with Gasteiger partial charge in [0.1, 0.15) is 6.54 Å². The van der Waals surface area contributed by atoms with Gasteiger partial charge in [-0.1, -0.05) is 13.8 Å². The lowest BCUT2D eigenvalue weighted by Gasteiger charge is -2.40. The zero-order valence-electron chi connectivity index (χ0n) is 12.2. The molecule has 0 aromatic heterocycles. The molecule has 2 rings (SSSR count). The second-order valence-corrected chi connectivity index (χ2v) is 6.37. The number of nitrogens with zero attached hydrogens (tertiary/aromatic N) is 2. The van der Waals surface area contributed by atoms with E-state index in [2.05, 4.69) is 0 Å². The molecular weight excluding hydrogens is 260 g/mol. The standard InChI is InChI=1S/C14H24N2O4/c1-9(2)7-15(8-13(18)19)14(20)16-10-3-4-11(16)6-12(17)5-10/h9-12,17H,3-8H2,1-2H3,(H,18,19). The van der Waals surface area contributed by atoms with Crippen LogP contribution in [0.25, 0.3) is 0 Å². The van der Waals surface area contributed by atoms with E-state index in [0.717, 1.165) is 12.8 Å². The topological polar surface area (TPSA) is 81.1 Å². The van der Waals surface area contributed by atoms with Crippen molar-refractivity contribution in [1.82, 2.24) is 9.80 Å². The molecule has 2 aliphatic rings. The number of carboxylic acids is 1. The van der Waals surface area contributed by atoms with Crippen molar-refractivity contribution in [2.45, 2.75) is 57.7 Å². The number of hydrogen-bond acceptors (Lipinski definition) is 3. The molecule has 0 radical (unpaired) electrons. The molecule has 20 heavy (non-hydrogen) atoms. The first-order valence-electron chi connectivity index (χ1n) is 7.35. The van der Waals surface area contributed by atoms with Gasteiger partial charge in [0.25, 0.3) is 0 Å². The summed E-state index contributed by atoms with van der Waals surface area (Å²) in [5.41, 5.74) is 0. The van der Waals surface area contributed by atoms with Crippen LogP contribution in [0.15, 0.2) is 0 Å². The highest BCUT2D eigenvalue weighted by atomic mass is 16.4. The fourth-order valence-corrected chi connectivity index (χ4v) is 3.44. The summed E-state index contributed by atoms with van der Waals surface area (Å²) in [5.74, 6) is -0.755. The van der Waals surface area contributed by atoms with Crippen LogP contribution >= 0.6 is 0 Å². The van der Waals surface area contributed by atoms with Gasteiger partial charge in [-0.15, -0.1) is 0 Å². The molecule has 2 fully saturated rings. The van der Waals surface area contributed by atoms with Crippen molar-refractivity contribution in [2.75, 3.05) is 13.1 Å². The number of carbonyl (C=O) groups is 2. The van der Waals surface area contributed by atoms with E-state index in [0.29, 0.717) is 19.4 Å². The summed E-state index contributed by atoms with van der Waals surface area (Å²) in [6, 6.07) is -0.0417. The minimum atomic E-state index is -0.983. The summed E-state index contributed by atoms with van der Waals surface area (Å²) in [4.78, 5) is 26.8. The third-order valence-corrected chi connectivity index (χ3v) is 4.11. The van der Waals surface area contributed by atoms with Crippen LogP contribution in [0.2, 0.25) is 0 Å². The van der Waals surface area contributed by atoms with Crippen molar-refractivity contribution >= 4 is 12.0 Å². The zero-order valence-corrected chi connectivity index (χ0v) is 12.2. The number of aliphatic carboxylic acids is 1. The second-order valence-electron chi connectivity index (χ2n) is 6.37. The maximum Gasteiger partial charge on any atom is 0.323 e. The average molecular weight is 284 g/mol. The largest absolute Gasteiger partial charge is 0.480 e. The summed E-state index contributed by atoms with van der Waals surface area (Å²) < 4.78 is 0. The van der Waals surface area contributed by atoms with Crippen LogP contribution in [0.3, 0.4) is 0 Å². The van der Waals surface area contributed by atoms with Gasteiger partial charge >= 0.3 is 12.0 Å². The fourth-order valence-electron chi connectivity index (χ4n) is 3.44. The number of carbonyl (C=O) groups excluding carboxylic acids is 1. The first-order chi connectivity index (χ1) is 9.38. The van der Waals surface area contributed by atoms with E-state index in [1.54, 1.807) is 0 Å². The predicted molar refractivity (Wildman–Crippen MR) is 73.3 cm³/mol. The smallest absolute Gasteiger partial charge is 0.323 e. The molecule has 6 nitrogen and oxygen atoms in total. The van der Waals surface area contributed by atoms with Gasteiger partial charge in [-0.3, -0.25) is 4.79 Å². The van der Waals surface area contributed by atoms with Crippen LogP contribution < -0.4 is 0 Å². The Balaban J connectivity index is 2.09. The second kappa shape index (κ2) is 5.99. The van der Waals surface area contributed by atoms with E-state index < -0.39 is 5.97 Å². The number of urea groups is 1. The van der Waals surface area contributed by atoms with Gasteiger partial charge in [0.05, 0.1) is 6.10 Å². The Labute approximate surface area is 119 Å². The molecule has 114 valence electrons. The highest BCUT2D eigenvalue weighted by Gasteiger charge is 2.44. The van der Waals surface area contributed by atoms with Crippen LogP contribution in [0.1, 0.15) is 39.5 Å². The molecule has 0 aromatic carbocycles. The lowest BCUT2D eigenvalue weighted by Crippen LogP contribution is -2.54. The van der Waals surface area contributed by atoms with E-state index in [4.69, 9.17) is 5.11 Å². The molecule has 2 bridgehead atoms. The molecule has 2 saturated heterocycles. The lowest BCUT2D eigenvalue weighted by molar-refractivity contribution is -0.138. The minimum Gasteiger partial charge on any atom is -0.480 e. The first kappa shape index (κ1) is 15.1. The Morgan fingerprint density at radius 3 is 2.25 bits per heavy atom. The number of carboxylic acid groups (broad SMARTS) is 1. The molecular formula is C14H24N2O4. The van der Waals surface area contributed by atoms with Crippen molar-refractivity contribution in [3.05, 3.63) is 0 Å². The van der Waals surface area contributed by atoms with Gasteiger partial charge < -0.3 is 20.0 Å². The molecule has 2 atom stereocenters. The van der Waals surface area contributed by atoms with E-state index in [9.17, 15) is 14.7 Å². The molecule has 2 heterocycles. The third kappa shape index (κ3) is 3.23. The Morgan fingerprint density at radius 1 is 1.25 bits per heavy atom. The Morgan fingerprint density at radius 2 is 1.80 bits per heavy atom. The highest BCUT2D eigenvalue weighted by molar-refractivity contribution is 5.81. The number of aliphatic hydroxyl groups excluding tert-OH is 1. The molecule has 2 amide bonds. The minimum absolute atomic E-state index is 0.0692. The average Bonchev–Trinajstić information content (AvgIpc) is 2.58. The van der Waals surface area contributed by atoms with Crippen LogP contribution in [0.5, 0.6) is 0 Å². The first-order valence-corrected chi connectivity index (χ1v) is 7.35. The molecule has 0 saturated carbocycles. The molecule has 2 aliphatic heterocycles. The van der Waals surface area contributed by atoms with Gasteiger partial charge in [0.15, 0.2) is 0 Å². The van der Waals surface area contributed by atoms with E-state index >= 15 is 0 Å². The van der Waals surface area contributed by atoms with Crippen LogP contribution in [-0.4, -0.2) is 63.3 Å². The number of hydrogen-bond donors (Lipinski definition) is 2. The quantitative estimate of drug-likeness (QED) is 0.811. The van der Waals surface area contributed by atoms with Gasteiger partial charge in [-0.2, -0.15) is 0 Å². The third-order valence-electron chi connectivity index (χ3n) is 4.11. The van der Waals surface area contributed by atoms with Crippen molar-refractivity contribution in [2.24, 2.45) is 5.92 Å². The maximum absolute atomic E-state index is 12.6. The van der Waals surface area contributed by atoms with Crippen molar-refractivity contribution in [3.63, 3.8) is 0 Å². The van der Waals surface area contributed by atoms with Crippen LogP contribution in [0, 0.1) is 5.92 Å². The molecule has 2 N–H and O–H groups in total. The Hall–Kier alpha value is -1.30. The molecule has 0 aliphatic carbocycles. The van der Waals surface area contributed by atoms with E-state index in [-0.39, 0.29) is 36.7 Å². The molecule has 6 heteroatoms. The number of piperidine rings is 1. The highest BCUT2D eigenvalue weighted by Crippen LogP contribution is 2.36. The molecule has 0 aromatic rings. The van der Waals surface area contributed by atoms with Gasteiger partial charge in [0.2, 0.25) is 0 Å². The summed E-state index contributed by atoms with van der Waals surface area (Å²) in [7, 11) is 0. The summed E-state index contributed by atoms with van der Waals surface area (Å²) in [5, 5.41) is 18.8. The fraction of sp³-hybridized carbons (Fsp3) is 0.857. The maximum atomic E-state index is 12.6. The Bertz CT molecular complexity index is 371. The summed E-state index contributed by atoms with van der Waals surface area (Å²) in [6.07, 6.45) is 2.73. The number of amides is 2. The monoisotopic (exact) mass is 284 g/mol. The number of aliphatic hydroxyl groups is 1. The lowest BCUT2D eigenvalue weighted by atomic mass is 10.0. The van der Waals surface area contributed by atoms with E-state index in [1.165, 1.54) is 4.90 Å². The van der Waals surface area contributed by atoms with Crippen molar-refractivity contribution < 1.29 is 19.8 Å². The van der Waals surface area contributed by atoms with Crippen LogP contribution in [0.4, 0.5) is 4.79 Å². The van der Waals surface area contributed by atoms with Gasteiger partial charge in [-0.25, -0.2) is 4.79 Å². The predicted octanol–water partition coefficient (Wildman–Crippen LogP) is 1.14. The van der Waals surface area contributed by atoms with Gasteiger partial charge in [-0.05, 0) is 31.6 Å². The molecule has 0 spiro atoms.